The van der Waals surface area contributed by atoms with Crippen molar-refractivity contribution in [3.05, 3.63) is 34.9 Å². The molecule has 4 nitrogen and oxygen atoms in total. The first-order chi connectivity index (χ1) is 11.3. The minimum Gasteiger partial charge on any atom is -0.454 e. The second-order valence-corrected chi connectivity index (χ2v) is 7.05. The summed E-state index contributed by atoms with van der Waals surface area (Å²) in [6.45, 7) is 2.67. The predicted molar refractivity (Wildman–Crippen MR) is 86.9 cm³/mol. The number of ether oxygens (including phenoxy) is 3. The molecule has 5 rings (SSSR count). The molecular formula is C19H23NO3. The van der Waals surface area contributed by atoms with E-state index in [9.17, 15) is 0 Å². The SMILES string of the molecule is CO[C@H]1CC=C2CCN3CCCc4c(ccc5c4OCO5)[C@]23C1. The Kier molecular flexibility index (Phi) is 3.01. The van der Waals surface area contributed by atoms with E-state index >= 15 is 0 Å². The van der Waals surface area contributed by atoms with Gasteiger partial charge in [-0.15, -0.1) is 0 Å². The molecule has 0 bridgehead atoms. The summed E-state index contributed by atoms with van der Waals surface area (Å²) in [6, 6.07) is 4.39. The molecule has 122 valence electrons. The standard InChI is InChI=1S/C19H23NO3/c1-21-14-5-4-13-8-10-20-9-2-3-15-16(19(13,20)11-14)6-7-17-18(15)23-12-22-17/h4,6-7,14H,2-3,5,8-12H2,1H3/t14-,19-/m0/s1. The number of rotatable bonds is 1. The molecular weight excluding hydrogens is 290 g/mol. The summed E-state index contributed by atoms with van der Waals surface area (Å²) in [5.74, 6) is 1.90. The zero-order valence-corrected chi connectivity index (χ0v) is 13.6. The van der Waals surface area contributed by atoms with Crippen LogP contribution >= 0.6 is 0 Å². The topological polar surface area (TPSA) is 30.9 Å². The van der Waals surface area contributed by atoms with E-state index in [0.29, 0.717) is 12.9 Å². The molecule has 1 spiro atoms. The lowest BCUT2D eigenvalue weighted by Gasteiger charge is -2.44. The molecule has 23 heavy (non-hydrogen) atoms. The van der Waals surface area contributed by atoms with Gasteiger partial charge < -0.3 is 14.2 Å². The zero-order valence-electron chi connectivity index (χ0n) is 13.6. The van der Waals surface area contributed by atoms with Crippen LogP contribution in [0.15, 0.2) is 23.8 Å². The largest absolute Gasteiger partial charge is 0.454 e. The second kappa shape index (κ2) is 4.99. The van der Waals surface area contributed by atoms with Crippen LogP contribution in [0.4, 0.5) is 0 Å². The van der Waals surface area contributed by atoms with Crippen LogP contribution < -0.4 is 9.47 Å². The molecule has 0 unspecified atom stereocenters. The van der Waals surface area contributed by atoms with Gasteiger partial charge in [-0.25, -0.2) is 0 Å². The number of fused-ring (bicyclic) bond motifs is 3. The van der Waals surface area contributed by atoms with Crippen LogP contribution in [-0.2, 0) is 16.7 Å². The van der Waals surface area contributed by atoms with Gasteiger partial charge in [0, 0.05) is 25.6 Å². The normalized spacial score (nSPS) is 31.9. The Balaban J connectivity index is 1.74. The van der Waals surface area contributed by atoms with Crippen LogP contribution in [0, 0.1) is 0 Å². The molecule has 1 aromatic carbocycles. The van der Waals surface area contributed by atoms with Crippen molar-refractivity contribution < 1.29 is 14.2 Å². The molecule has 1 saturated heterocycles. The minimum atomic E-state index is 0.0196. The Hall–Kier alpha value is -1.52. The molecule has 0 N–H and O–H groups in total. The fraction of sp³-hybridized carbons (Fsp3) is 0.579. The quantitative estimate of drug-likeness (QED) is 0.746. The van der Waals surface area contributed by atoms with E-state index in [1.165, 1.54) is 24.0 Å². The fourth-order valence-corrected chi connectivity index (χ4v) is 5.12. The molecule has 3 aliphatic heterocycles. The number of benzene rings is 1. The summed E-state index contributed by atoms with van der Waals surface area (Å²) >= 11 is 0. The van der Waals surface area contributed by atoms with Gasteiger partial charge in [0.15, 0.2) is 11.5 Å². The molecule has 0 radical (unpaired) electrons. The molecule has 4 heteroatoms. The van der Waals surface area contributed by atoms with Gasteiger partial charge in [-0.05, 0) is 49.4 Å². The van der Waals surface area contributed by atoms with Gasteiger partial charge in [-0.1, -0.05) is 12.1 Å². The zero-order chi connectivity index (χ0) is 15.4. The van der Waals surface area contributed by atoms with Crippen LogP contribution in [0.25, 0.3) is 0 Å². The first kappa shape index (κ1) is 13.9. The smallest absolute Gasteiger partial charge is 0.231 e. The van der Waals surface area contributed by atoms with E-state index in [1.807, 2.05) is 7.11 Å². The number of hydrogen-bond donors (Lipinski definition) is 0. The Morgan fingerprint density at radius 1 is 1.22 bits per heavy atom. The highest BCUT2D eigenvalue weighted by Crippen LogP contribution is 2.54. The van der Waals surface area contributed by atoms with Crippen molar-refractivity contribution in [2.75, 3.05) is 27.0 Å². The number of methoxy groups -OCH3 is 1. The van der Waals surface area contributed by atoms with Crippen molar-refractivity contribution in [2.24, 2.45) is 0 Å². The Labute approximate surface area is 137 Å². The van der Waals surface area contributed by atoms with Gasteiger partial charge in [0.05, 0.1) is 11.6 Å². The Bertz CT molecular complexity index is 683. The number of hydrogen-bond acceptors (Lipinski definition) is 4. The molecule has 1 aromatic rings. The average molecular weight is 313 g/mol. The van der Waals surface area contributed by atoms with Crippen molar-refractivity contribution in [3.8, 4) is 11.5 Å². The maximum absolute atomic E-state index is 5.84. The maximum atomic E-state index is 5.84. The summed E-state index contributed by atoms with van der Waals surface area (Å²) in [4.78, 5) is 2.69. The van der Waals surface area contributed by atoms with Gasteiger partial charge >= 0.3 is 0 Å². The highest BCUT2D eigenvalue weighted by molar-refractivity contribution is 5.57. The fourth-order valence-electron chi connectivity index (χ4n) is 5.12. The molecule has 0 amide bonds. The van der Waals surface area contributed by atoms with Crippen molar-refractivity contribution >= 4 is 0 Å². The third-order valence-corrected chi connectivity index (χ3v) is 6.15. The molecule has 4 aliphatic rings. The van der Waals surface area contributed by atoms with Crippen molar-refractivity contribution in [1.29, 1.82) is 0 Å². The van der Waals surface area contributed by atoms with Gasteiger partial charge in [-0.2, -0.15) is 0 Å². The lowest BCUT2D eigenvalue weighted by Crippen LogP contribution is -2.46. The minimum absolute atomic E-state index is 0.0196. The van der Waals surface area contributed by atoms with E-state index in [2.05, 4.69) is 23.1 Å². The third kappa shape index (κ3) is 1.79. The monoisotopic (exact) mass is 313 g/mol. The van der Waals surface area contributed by atoms with Crippen molar-refractivity contribution in [3.63, 3.8) is 0 Å². The van der Waals surface area contributed by atoms with E-state index in [1.54, 1.807) is 5.57 Å². The third-order valence-electron chi connectivity index (χ3n) is 6.15. The Morgan fingerprint density at radius 2 is 2.17 bits per heavy atom. The molecule has 1 aliphatic carbocycles. The summed E-state index contributed by atoms with van der Waals surface area (Å²) in [5.41, 5.74) is 4.41. The first-order valence-corrected chi connectivity index (χ1v) is 8.72. The lowest BCUT2D eigenvalue weighted by atomic mass is 9.73. The van der Waals surface area contributed by atoms with Gasteiger partial charge in [0.25, 0.3) is 0 Å². The summed E-state index contributed by atoms with van der Waals surface area (Å²) in [6.07, 6.45) is 8.28. The van der Waals surface area contributed by atoms with Gasteiger partial charge in [0.1, 0.15) is 0 Å². The lowest BCUT2D eigenvalue weighted by molar-refractivity contribution is 0.0347. The summed E-state index contributed by atoms with van der Waals surface area (Å²) in [7, 11) is 1.84. The van der Waals surface area contributed by atoms with Crippen molar-refractivity contribution in [2.45, 2.75) is 43.7 Å². The molecule has 0 saturated carbocycles. The highest BCUT2D eigenvalue weighted by Gasteiger charge is 2.51. The summed E-state index contributed by atoms with van der Waals surface area (Å²) in [5, 5.41) is 0. The number of nitrogens with zero attached hydrogens (tertiary/aromatic N) is 1. The van der Waals surface area contributed by atoms with Crippen LogP contribution in [0.3, 0.4) is 0 Å². The molecule has 2 atom stereocenters. The van der Waals surface area contributed by atoms with E-state index in [-0.39, 0.29) is 5.54 Å². The highest BCUT2D eigenvalue weighted by atomic mass is 16.7. The van der Waals surface area contributed by atoms with Crippen LogP contribution in [-0.4, -0.2) is 38.0 Å². The van der Waals surface area contributed by atoms with Crippen LogP contribution in [0.5, 0.6) is 11.5 Å². The molecule has 1 fully saturated rings. The van der Waals surface area contributed by atoms with Crippen LogP contribution in [0.1, 0.15) is 36.8 Å². The predicted octanol–water partition coefficient (Wildman–Crippen LogP) is 3.00. The average Bonchev–Trinajstić information content (AvgIpc) is 3.16. The second-order valence-electron chi connectivity index (χ2n) is 7.05. The molecule has 3 heterocycles. The van der Waals surface area contributed by atoms with E-state index in [0.717, 1.165) is 43.9 Å². The van der Waals surface area contributed by atoms with E-state index in [4.69, 9.17) is 14.2 Å². The first-order valence-electron chi connectivity index (χ1n) is 8.72. The maximum Gasteiger partial charge on any atom is 0.231 e. The van der Waals surface area contributed by atoms with Crippen LogP contribution in [0.2, 0.25) is 0 Å². The Morgan fingerprint density at radius 3 is 3.09 bits per heavy atom. The summed E-state index contributed by atoms with van der Waals surface area (Å²) < 4.78 is 17.2. The van der Waals surface area contributed by atoms with Crippen molar-refractivity contribution in [1.82, 2.24) is 4.90 Å². The molecule has 0 aromatic heterocycles. The van der Waals surface area contributed by atoms with Gasteiger partial charge in [0.2, 0.25) is 6.79 Å². The van der Waals surface area contributed by atoms with E-state index < -0.39 is 0 Å². The van der Waals surface area contributed by atoms with Gasteiger partial charge in [-0.3, -0.25) is 4.90 Å².